The number of aryl methyl sites for hydroxylation is 2. The Hall–Kier alpha value is -4.15. The molecule has 0 saturated carbocycles. The lowest BCUT2D eigenvalue weighted by Crippen LogP contribution is -2.42. The molecule has 0 spiro atoms. The monoisotopic (exact) mass is 584 g/mol. The van der Waals surface area contributed by atoms with Gasteiger partial charge < -0.3 is 20.1 Å². The first kappa shape index (κ1) is 30.8. The van der Waals surface area contributed by atoms with Crippen LogP contribution >= 0.6 is 0 Å². The summed E-state index contributed by atoms with van der Waals surface area (Å²) in [5.41, 5.74) is 1.20. The van der Waals surface area contributed by atoms with Gasteiger partial charge in [-0.25, -0.2) is 14.8 Å². The van der Waals surface area contributed by atoms with E-state index >= 15 is 0 Å². The number of hydrogen-bond acceptors (Lipinski definition) is 6. The molecular weight excluding hydrogens is 549 g/mol. The molecule has 8 nitrogen and oxygen atoms in total. The number of nitrogens with one attached hydrogen (secondary N) is 1. The molecule has 0 bridgehead atoms. The van der Waals surface area contributed by atoms with Gasteiger partial charge in [-0.3, -0.25) is 4.79 Å². The molecule has 1 unspecified atom stereocenters. The van der Waals surface area contributed by atoms with Crippen LogP contribution in [0.5, 0.6) is 0 Å². The van der Waals surface area contributed by atoms with E-state index in [4.69, 9.17) is 9.84 Å². The van der Waals surface area contributed by atoms with E-state index in [1.807, 2.05) is 45.0 Å². The number of aromatic nitrogens is 2. The summed E-state index contributed by atoms with van der Waals surface area (Å²) in [6.07, 6.45) is -2.48. The second-order valence-electron chi connectivity index (χ2n) is 11.4. The highest BCUT2D eigenvalue weighted by atomic mass is 19.4. The van der Waals surface area contributed by atoms with Gasteiger partial charge in [0.25, 0.3) is 0 Å². The van der Waals surface area contributed by atoms with Crippen LogP contribution in [0.15, 0.2) is 54.7 Å². The molecule has 1 aliphatic rings. The number of amides is 1. The van der Waals surface area contributed by atoms with Crippen molar-refractivity contribution in [3.8, 4) is 0 Å². The standard InChI is InChI=1S/C31H35F3N4O4/c1-30(2,3)42-29(41)38-16-6-9-23(19-38)21-10-13-24(14-11-21)36-28-35-18-25(31(32,33)34)26(37-28)15-12-20-7-4-5-8-22(20)17-27(39)40/h4-5,7-8,10-11,13-14,18,23H,6,9,12,15-17,19H2,1-3H3,(H,39,40)(H,35,36,37). The molecule has 11 heteroatoms. The SMILES string of the molecule is CC(C)(C)OC(=O)N1CCCC(c2ccc(Nc3ncc(C(F)(F)F)c(CCc4ccccc4CC(=O)O)n3)cc2)C1. The quantitative estimate of drug-likeness (QED) is 0.301. The molecule has 2 aromatic carbocycles. The molecule has 1 aromatic heterocycles. The predicted molar refractivity (Wildman–Crippen MR) is 152 cm³/mol. The number of ether oxygens (including phenoxy) is 1. The van der Waals surface area contributed by atoms with Gasteiger partial charge in [0.1, 0.15) is 5.60 Å². The minimum atomic E-state index is -4.64. The number of likely N-dealkylation sites (tertiary alicyclic amines) is 1. The molecule has 2 heterocycles. The number of carbonyl (C=O) groups excluding carboxylic acids is 1. The summed E-state index contributed by atoms with van der Waals surface area (Å²) in [5.74, 6) is -0.849. The molecule has 0 aliphatic carbocycles. The van der Waals surface area contributed by atoms with Gasteiger partial charge in [0.2, 0.25) is 5.95 Å². The molecule has 2 N–H and O–H groups in total. The number of hydrogen-bond donors (Lipinski definition) is 2. The zero-order valence-corrected chi connectivity index (χ0v) is 23.9. The van der Waals surface area contributed by atoms with Crippen molar-refractivity contribution in [1.29, 1.82) is 0 Å². The molecule has 1 saturated heterocycles. The van der Waals surface area contributed by atoms with Crippen molar-refractivity contribution < 1.29 is 32.6 Å². The Kier molecular flexibility index (Phi) is 9.38. The van der Waals surface area contributed by atoms with Gasteiger partial charge in [0.05, 0.1) is 17.7 Å². The number of benzene rings is 2. The first-order valence-electron chi connectivity index (χ1n) is 13.8. The zero-order chi connectivity index (χ0) is 30.5. The van der Waals surface area contributed by atoms with Gasteiger partial charge in [-0.2, -0.15) is 13.2 Å². The van der Waals surface area contributed by atoms with Gasteiger partial charge in [-0.05, 0) is 75.3 Å². The van der Waals surface area contributed by atoms with Crippen LogP contribution in [0.2, 0.25) is 0 Å². The fraction of sp³-hybridized carbons (Fsp3) is 0.419. The topological polar surface area (TPSA) is 105 Å². The summed E-state index contributed by atoms with van der Waals surface area (Å²) in [6.45, 7) is 6.70. The molecule has 4 rings (SSSR count). The van der Waals surface area contributed by atoms with Crippen molar-refractivity contribution in [2.24, 2.45) is 0 Å². The lowest BCUT2D eigenvalue weighted by molar-refractivity contribution is -0.139. The number of carbonyl (C=O) groups is 2. The molecule has 1 amide bonds. The minimum Gasteiger partial charge on any atom is -0.481 e. The second-order valence-corrected chi connectivity index (χ2v) is 11.4. The average Bonchev–Trinajstić information content (AvgIpc) is 2.91. The summed E-state index contributed by atoms with van der Waals surface area (Å²) >= 11 is 0. The molecule has 1 atom stereocenters. The summed E-state index contributed by atoms with van der Waals surface area (Å²) < 4.78 is 46.8. The van der Waals surface area contributed by atoms with Gasteiger partial charge in [-0.1, -0.05) is 36.4 Å². The first-order valence-corrected chi connectivity index (χ1v) is 13.8. The van der Waals surface area contributed by atoms with E-state index in [9.17, 15) is 22.8 Å². The van der Waals surface area contributed by atoms with Crippen LogP contribution in [-0.4, -0.2) is 50.7 Å². The highest BCUT2D eigenvalue weighted by Gasteiger charge is 2.35. The molecule has 224 valence electrons. The third-order valence-electron chi connectivity index (χ3n) is 6.98. The lowest BCUT2D eigenvalue weighted by Gasteiger charge is -2.34. The van der Waals surface area contributed by atoms with Crippen LogP contribution in [0.3, 0.4) is 0 Å². The number of alkyl halides is 3. The summed E-state index contributed by atoms with van der Waals surface area (Å²) in [7, 11) is 0. The van der Waals surface area contributed by atoms with Crippen molar-refractivity contribution >= 4 is 23.7 Å². The molecule has 3 aromatic rings. The van der Waals surface area contributed by atoms with E-state index in [1.165, 1.54) is 0 Å². The van der Waals surface area contributed by atoms with Gasteiger partial charge in [0, 0.05) is 30.9 Å². The Morgan fingerprint density at radius 1 is 1.05 bits per heavy atom. The molecule has 0 radical (unpaired) electrons. The van der Waals surface area contributed by atoms with Crippen LogP contribution in [0.4, 0.5) is 29.6 Å². The maximum atomic E-state index is 13.8. The van der Waals surface area contributed by atoms with Crippen molar-refractivity contribution in [3.05, 3.63) is 82.7 Å². The van der Waals surface area contributed by atoms with Crippen LogP contribution in [-0.2, 0) is 35.0 Å². The van der Waals surface area contributed by atoms with E-state index < -0.39 is 23.3 Å². The Balaban J connectivity index is 1.46. The molecule has 1 fully saturated rings. The van der Waals surface area contributed by atoms with E-state index in [2.05, 4.69) is 15.3 Å². The largest absolute Gasteiger partial charge is 0.481 e. The van der Waals surface area contributed by atoms with Crippen LogP contribution < -0.4 is 5.32 Å². The maximum absolute atomic E-state index is 13.8. The molecular formula is C31H35F3N4O4. The normalized spacial score (nSPS) is 15.8. The number of anilines is 2. The van der Waals surface area contributed by atoms with Gasteiger partial charge in [-0.15, -0.1) is 0 Å². The number of halogens is 3. The Labute approximate surface area is 242 Å². The van der Waals surface area contributed by atoms with Gasteiger partial charge in [0.15, 0.2) is 0 Å². The van der Waals surface area contributed by atoms with Crippen molar-refractivity contribution in [1.82, 2.24) is 14.9 Å². The average molecular weight is 585 g/mol. The Bertz CT molecular complexity index is 1400. The van der Waals surface area contributed by atoms with E-state index in [-0.39, 0.29) is 42.9 Å². The number of nitrogens with zero attached hydrogens (tertiary/aromatic N) is 3. The summed E-state index contributed by atoms with van der Waals surface area (Å²) in [5, 5.41) is 12.2. The number of rotatable bonds is 8. The smallest absolute Gasteiger partial charge is 0.419 e. The van der Waals surface area contributed by atoms with E-state index in [0.717, 1.165) is 24.6 Å². The summed E-state index contributed by atoms with van der Waals surface area (Å²) in [6, 6.07) is 14.3. The van der Waals surface area contributed by atoms with Crippen LogP contribution in [0.25, 0.3) is 0 Å². The van der Waals surface area contributed by atoms with E-state index in [1.54, 1.807) is 29.2 Å². The number of piperidine rings is 1. The third-order valence-corrected chi connectivity index (χ3v) is 6.98. The zero-order valence-electron chi connectivity index (χ0n) is 23.9. The maximum Gasteiger partial charge on any atom is 0.419 e. The predicted octanol–water partition coefficient (Wildman–Crippen LogP) is 6.77. The van der Waals surface area contributed by atoms with Crippen molar-refractivity contribution in [3.63, 3.8) is 0 Å². The van der Waals surface area contributed by atoms with Crippen molar-refractivity contribution in [2.45, 2.75) is 70.6 Å². The number of carboxylic acid groups (broad SMARTS) is 1. The van der Waals surface area contributed by atoms with Crippen LogP contribution in [0, 0.1) is 0 Å². The Morgan fingerprint density at radius 3 is 2.38 bits per heavy atom. The Morgan fingerprint density at radius 2 is 1.74 bits per heavy atom. The summed E-state index contributed by atoms with van der Waals surface area (Å²) in [4.78, 5) is 33.6. The molecule has 42 heavy (non-hydrogen) atoms. The highest BCUT2D eigenvalue weighted by Crippen LogP contribution is 2.33. The second kappa shape index (κ2) is 12.8. The van der Waals surface area contributed by atoms with Crippen molar-refractivity contribution in [2.75, 3.05) is 18.4 Å². The first-order chi connectivity index (χ1) is 19.8. The fourth-order valence-corrected chi connectivity index (χ4v) is 5.00. The van der Waals surface area contributed by atoms with E-state index in [0.29, 0.717) is 29.9 Å². The third kappa shape index (κ3) is 8.43. The molecule has 1 aliphatic heterocycles. The van der Waals surface area contributed by atoms with Crippen LogP contribution in [0.1, 0.15) is 67.5 Å². The lowest BCUT2D eigenvalue weighted by atomic mass is 9.90. The highest BCUT2D eigenvalue weighted by molar-refractivity contribution is 5.70. The fourth-order valence-electron chi connectivity index (χ4n) is 5.00. The van der Waals surface area contributed by atoms with Gasteiger partial charge >= 0.3 is 18.2 Å². The minimum absolute atomic E-state index is 0.0262. The number of aliphatic carboxylic acids is 1. The number of carboxylic acids is 1.